The Morgan fingerprint density at radius 3 is 2.61 bits per heavy atom. The van der Waals surface area contributed by atoms with E-state index in [2.05, 4.69) is 48.8 Å². The third kappa shape index (κ3) is 5.03. The molecule has 7 rings (SSSR count). The van der Waals surface area contributed by atoms with Crippen molar-refractivity contribution in [2.24, 2.45) is 0 Å². The van der Waals surface area contributed by atoms with Crippen molar-refractivity contribution in [3.63, 3.8) is 0 Å². The number of nitriles is 1. The fraction of sp³-hybridized carbons (Fsp3) is 0.657. The second-order valence-corrected chi connectivity index (χ2v) is 13.6. The van der Waals surface area contributed by atoms with E-state index in [1.54, 1.807) is 0 Å². The summed E-state index contributed by atoms with van der Waals surface area (Å²) >= 11 is 0. The highest BCUT2D eigenvalue weighted by molar-refractivity contribution is 5.64. The molecule has 1 spiro atoms. The third-order valence-electron chi connectivity index (χ3n) is 11.1. The van der Waals surface area contributed by atoms with Crippen molar-refractivity contribution in [1.29, 1.82) is 5.26 Å². The van der Waals surface area contributed by atoms with E-state index in [1.165, 1.54) is 78.8 Å². The van der Waals surface area contributed by atoms with E-state index in [0.29, 0.717) is 29.3 Å². The minimum Gasteiger partial charge on any atom is -0.398 e. The maximum atomic E-state index is 12.8. The summed E-state index contributed by atoms with van der Waals surface area (Å²) in [7, 11) is 0. The molecule has 1 aromatic heterocycles. The molecule has 3 saturated heterocycles. The molecule has 5 nitrogen and oxygen atoms in total. The number of halogens is 1. The van der Waals surface area contributed by atoms with Crippen LogP contribution in [0.15, 0.2) is 18.2 Å². The van der Waals surface area contributed by atoms with Crippen LogP contribution in [0.2, 0.25) is 0 Å². The fourth-order valence-electron chi connectivity index (χ4n) is 8.61. The highest BCUT2D eigenvalue weighted by Crippen LogP contribution is 2.51. The molecule has 41 heavy (non-hydrogen) atoms. The lowest BCUT2D eigenvalue weighted by atomic mass is 9.67. The first kappa shape index (κ1) is 28.5. The predicted octanol–water partition coefficient (Wildman–Crippen LogP) is 7.04. The summed E-state index contributed by atoms with van der Waals surface area (Å²) in [6.07, 6.45) is 14.2. The number of pyridine rings is 1. The number of nitrogens with zero attached hydrogens (tertiary/aromatic N) is 4. The first-order valence-corrected chi connectivity index (χ1v) is 16.3. The second kappa shape index (κ2) is 11.2. The van der Waals surface area contributed by atoms with Gasteiger partial charge in [0, 0.05) is 46.9 Å². The van der Waals surface area contributed by atoms with E-state index in [4.69, 9.17) is 10.7 Å². The molecule has 220 valence electrons. The van der Waals surface area contributed by atoms with E-state index >= 15 is 0 Å². The first-order valence-electron chi connectivity index (χ1n) is 16.3. The van der Waals surface area contributed by atoms with Gasteiger partial charge in [-0.15, -0.1) is 0 Å². The van der Waals surface area contributed by atoms with Crippen LogP contribution in [0.25, 0.3) is 0 Å². The summed E-state index contributed by atoms with van der Waals surface area (Å²) in [4.78, 5) is 10.1. The molecule has 3 aliphatic heterocycles. The van der Waals surface area contributed by atoms with Gasteiger partial charge in [-0.25, -0.2) is 4.39 Å². The molecule has 2 aromatic rings. The molecular formula is C35H48FN5. The number of hydrogen-bond donors (Lipinski definition) is 1. The van der Waals surface area contributed by atoms with Crippen LogP contribution in [-0.4, -0.2) is 46.8 Å². The fourth-order valence-corrected chi connectivity index (χ4v) is 8.61. The lowest BCUT2D eigenvalue weighted by Crippen LogP contribution is -2.64. The number of aromatic nitrogens is 1. The number of nitrogens with two attached hydrogens (primary N) is 1. The van der Waals surface area contributed by atoms with Crippen LogP contribution in [0, 0.1) is 11.3 Å². The van der Waals surface area contributed by atoms with E-state index in [-0.39, 0.29) is 5.54 Å². The molecule has 6 heteroatoms. The highest BCUT2D eigenvalue weighted by Gasteiger charge is 2.50. The van der Waals surface area contributed by atoms with Crippen molar-refractivity contribution in [2.45, 2.75) is 127 Å². The molecule has 2 aliphatic carbocycles. The monoisotopic (exact) mass is 557 g/mol. The minimum absolute atomic E-state index is 0.236. The predicted molar refractivity (Wildman–Crippen MR) is 165 cm³/mol. The van der Waals surface area contributed by atoms with Gasteiger partial charge in [0.2, 0.25) is 0 Å². The van der Waals surface area contributed by atoms with E-state index < -0.39 is 6.17 Å². The van der Waals surface area contributed by atoms with E-state index in [9.17, 15) is 9.65 Å². The molecule has 1 aromatic carbocycles. The molecule has 0 radical (unpaired) electrons. The number of alkyl halides is 1. The summed E-state index contributed by atoms with van der Waals surface area (Å²) in [6.45, 7) is 9.61. The summed E-state index contributed by atoms with van der Waals surface area (Å²) in [6, 6.07) is 8.86. The normalized spacial score (nSPS) is 27.7. The minimum atomic E-state index is -0.551. The van der Waals surface area contributed by atoms with Gasteiger partial charge in [0.1, 0.15) is 12.2 Å². The maximum Gasteiger partial charge on any atom is 0.115 e. The molecule has 4 fully saturated rings. The second-order valence-electron chi connectivity index (χ2n) is 13.6. The van der Waals surface area contributed by atoms with Gasteiger partial charge in [0.15, 0.2) is 0 Å². The first-order chi connectivity index (χ1) is 19.8. The maximum absolute atomic E-state index is 12.8. The number of anilines is 2. The SMILES string of the molecule is CC12CCCN1CC(F)C2.CCCc1ccc(N)c(C#N)c1C1CCc2c(N3CCC34CCC4)cc(CC)nc2C1. The van der Waals surface area contributed by atoms with Crippen molar-refractivity contribution in [2.75, 3.05) is 30.3 Å². The third-order valence-corrected chi connectivity index (χ3v) is 11.1. The lowest BCUT2D eigenvalue weighted by molar-refractivity contribution is 0.151. The van der Waals surface area contributed by atoms with Crippen molar-refractivity contribution in [3.8, 4) is 6.07 Å². The molecule has 2 N–H and O–H groups in total. The average molecular weight is 558 g/mol. The van der Waals surface area contributed by atoms with Crippen molar-refractivity contribution < 1.29 is 4.39 Å². The van der Waals surface area contributed by atoms with Crippen LogP contribution >= 0.6 is 0 Å². The molecule has 3 atom stereocenters. The van der Waals surface area contributed by atoms with Crippen LogP contribution < -0.4 is 10.6 Å². The molecule has 0 amide bonds. The molecule has 5 aliphatic rings. The zero-order valence-corrected chi connectivity index (χ0v) is 25.4. The van der Waals surface area contributed by atoms with Gasteiger partial charge in [-0.1, -0.05) is 26.3 Å². The Bertz CT molecular complexity index is 1320. The van der Waals surface area contributed by atoms with Crippen LogP contribution in [-0.2, 0) is 25.7 Å². The van der Waals surface area contributed by atoms with Crippen LogP contribution in [0.5, 0.6) is 0 Å². The summed E-state index contributed by atoms with van der Waals surface area (Å²) in [5, 5.41) is 9.90. The number of benzene rings is 1. The number of aryl methyl sites for hydroxylation is 2. The topological polar surface area (TPSA) is 69.2 Å². The smallest absolute Gasteiger partial charge is 0.115 e. The van der Waals surface area contributed by atoms with Crippen LogP contribution in [0.3, 0.4) is 0 Å². The van der Waals surface area contributed by atoms with Gasteiger partial charge in [0.25, 0.3) is 0 Å². The standard InChI is InChI=1S/C27H34N4.C8H14FN/c1-3-6-18-8-10-23(29)22(17-28)26(18)19-7-9-21-24(15-19)30-20(4-2)16-25(21)31-14-13-27(31)11-5-12-27;1-8-3-2-4-10(8)6-7(9)5-8/h8,10,16,19H,3-7,9,11-15,29H2,1-2H3;7H,2-6H2,1H3. The molecule has 1 saturated carbocycles. The number of hydrogen-bond acceptors (Lipinski definition) is 5. The van der Waals surface area contributed by atoms with Crippen molar-refractivity contribution in [3.05, 3.63) is 51.8 Å². The average Bonchev–Trinajstić information content (AvgIpc) is 3.40. The largest absolute Gasteiger partial charge is 0.398 e. The van der Waals surface area contributed by atoms with E-state index in [0.717, 1.165) is 51.5 Å². The van der Waals surface area contributed by atoms with Gasteiger partial charge in [-0.05, 0) is 125 Å². The molecule has 4 heterocycles. The highest BCUT2D eigenvalue weighted by atomic mass is 19.1. The summed E-state index contributed by atoms with van der Waals surface area (Å²) in [5.74, 6) is 0.328. The van der Waals surface area contributed by atoms with Gasteiger partial charge in [-0.2, -0.15) is 5.26 Å². The quantitative estimate of drug-likeness (QED) is 0.400. The van der Waals surface area contributed by atoms with Gasteiger partial charge in [-0.3, -0.25) is 9.88 Å². The summed E-state index contributed by atoms with van der Waals surface area (Å²) in [5.41, 5.74) is 16.1. The lowest BCUT2D eigenvalue weighted by Gasteiger charge is -2.60. The van der Waals surface area contributed by atoms with Gasteiger partial charge >= 0.3 is 0 Å². The van der Waals surface area contributed by atoms with Gasteiger partial charge < -0.3 is 10.6 Å². The summed E-state index contributed by atoms with van der Waals surface area (Å²) < 4.78 is 12.8. The Balaban J connectivity index is 0.000000253. The zero-order chi connectivity index (χ0) is 28.8. The Hall–Kier alpha value is -2.65. The molecule has 0 bridgehead atoms. The number of rotatable bonds is 5. The van der Waals surface area contributed by atoms with Crippen molar-refractivity contribution in [1.82, 2.24) is 9.88 Å². The Kier molecular flexibility index (Phi) is 7.78. The Morgan fingerprint density at radius 2 is 1.98 bits per heavy atom. The zero-order valence-electron chi connectivity index (χ0n) is 25.4. The molecular weight excluding hydrogens is 509 g/mol. The number of nitrogen functional groups attached to an aromatic ring is 1. The van der Waals surface area contributed by atoms with Gasteiger partial charge in [0.05, 0.1) is 5.56 Å². The Morgan fingerprint density at radius 1 is 1.15 bits per heavy atom. The van der Waals surface area contributed by atoms with Crippen LogP contribution in [0.1, 0.15) is 118 Å². The van der Waals surface area contributed by atoms with Crippen molar-refractivity contribution >= 4 is 11.4 Å². The molecule has 3 unspecified atom stereocenters. The number of fused-ring (bicyclic) bond motifs is 2. The van der Waals surface area contributed by atoms with Crippen LogP contribution in [0.4, 0.5) is 15.8 Å². The van der Waals surface area contributed by atoms with E-state index in [1.807, 2.05) is 6.07 Å². The Labute approximate surface area is 246 Å².